The Morgan fingerprint density at radius 1 is 1.05 bits per heavy atom. The third-order valence-electron chi connectivity index (χ3n) is 3.14. The fourth-order valence-corrected chi connectivity index (χ4v) is 2.07. The van der Waals surface area contributed by atoms with E-state index in [-0.39, 0.29) is 6.04 Å². The zero-order valence-corrected chi connectivity index (χ0v) is 10.7. The molecule has 0 saturated carbocycles. The number of hydrazine groups is 1. The summed E-state index contributed by atoms with van der Waals surface area (Å²) in [6, 6.07) is 11.3. The summed E-state index contributed by atoms with van der Waals surface area (Å²) in [6.07, 6.45) is 0.906. The molecule has 3 N–H and O–H groups in total. The number of aryl methyl sites for hydroxylation is 1. The van der Waals surface area contributed by atoms with Crippen molar-refractivity contribution in [3.63, 3.8) is 0 Å². The van der Waals surface area contributed by atoms with Gasteiger partial charge in [0.2, 0.25) is 0 Å². The number of hydrogen-bond donors (Lipinski definition) is 2. The average molecular weight is 262 g/mol. The zero-order valence-electron chi connectivity index (χ0n) is 10.7. The Hall–Kier alpha value is -1.78. The van der Waals surface area contributed by atoms with Gasteiger partial charge >= 0.3 is 0 Å². The summed E-state index contributed by atoms with van der Waals surface area (Å²) in [4.78, 5) is 0. The van der Waals surface area contributed by atoms with E-state index in [1.54, 1.807) is 0 Å². The molecule has 2 nitrogen and oxygen atoms in total. The van der Waals surface area contributed by atoms with Crippen molar-refractivity contribution < 1.29 is 8.78 Å². The minimum atomic E-state index is -0.871. The maximum atomic E-state index is 13.3. The molecule has 0 heterocycles. The molecule has 4 heteroatoms. The second-order valence-corrected chi connectivity index (χ2v) is 4.37. The molecule has 0 aliphatic heterocycles. The van der Waals surface area contributed by atoms with Crippen LogP contribution in [0.15, 0.2) is 42.5 Å². The summed E-state index contributed by atoms with van der Waals surface area (Å²) in [5, 5.41) is 0. The van der Waals surface area contributed by atoms with Crippen LogP contribution in [0.1, 0.15) is 29.7 Å². The van der Waals surface area contributed by atoms with Crippen LogP contribution < -0.4 is 11.3 Å². The van der Waals surface area contributed by atoms with Gasteiger partial charge in [0.05, 0.1) is 6.04 Å². The summed E-state index contributed by atoms with van der Waals surface area (Å²) in [6.45, 7) is 2.06. The molecule has 0 radical (unpaired) electrons. The lowest BCUT2D eigenvalue weighted by Gasteiger charge is -2.18. The molecule has 0 amide bonds. The fraction of sp³-hybridized carbons (Fsp3) is 0.200. The monoisotopic (exact) mass is 262 g/mol. The van der Waals surface area contributed by atoms with Gasteiger partial charge in [0.25, 0.3) is 0 Å². The largest absolute Gasteiger partial charge is 0.271 e. The van der Waals surface area contributed by atoms with Crippen molar-refractivity contribution in [2.75, 3.05) is 0 Å². The smallest absolute Gasteiger partial charge is 0.159 e. The van der Waals surface area contributed by atoms with Crippen LogP contribution in [0.3, 0.4) is 0 Å². The minimum Gasteiger partial charge on any atom is -0.271 e. The first kappa shape index (κ1) is 13.6. The molecule has 1 atom stereocenters. The molecular weight excluding hydrogens is 246 g/mol. The molecule has 0 saturated heterocycles. The van der Waals surface area contributed by atoms with Gasteiger partial charge in [-0.05, 0) is 35.2 Å². The highest BCUT2D eigenvalue weighted by Gasteiger charge is 2.14. The third kappa shape index (κ3) is 2.97. The number of halogens is 2. The maximum absolute atomic E-state index is 13.3. The van der Waals surface area contributed by atoms with E-state index in [9.17, 15) is 8.78 Å². The van der Waals surface area contributed by atoms with E-state index in [1.165, 1.54) is 17.7 Å². The lowest BCUT2D eigenvalue weighted by molar-refractivity contribution is 0.504. The predicted molar refractivity (Wildman–Crippen MR) is 71.3 cm³/mol. The molecule has 1 unspecified atom stereocenters. The molecule has 0 aromatic heterocycles. The van der Waals surface area contributed by atoms with Crippen molar-refractivity contribution in [1.29, 1.82) is 0 Å². The highest BCUT2D eigenvalue weighted by molar-refractivity contribution is 5.34. The van der Waals surface area contributed by atoms with Crippen LogP contribution in [0, 0.1) is 11.6 Å². The van der Waals surface area contributed by atoms with Crippen molar-refractivity contribution in [3.8, 4) is 0 Å². The molecule has 19 heavy (non-hydrogen) atoms. The number of nitrogens with one attached hydrogen (secondary N) is 1. The molecule has 0 aliphatic rings. The Labute approximate surface area is 111 Å². The molecule has 0 fully saturated rings. The molecule has 2 aromatic rings. The van der Waals surface area contributed by atoms with Crippen molar-refractivity contribution >= 4 is 0 Å². The van der Waals surface area contributed by atoms with E-state index in [1.807, 2.05) is 24.3 Å². The Balaban J connectivity index is 2.40. The topological polar surface area (TPSA) is 38.0 Å². The van der Waals surface area contributed by atoms with E-state index in [2.05, 4.69) is 12.3 Å². The first-order valence-electron chi connectivity index (χ1n) is 6.15. The second kappa shape index (κ2) is 5.91. The Morgan fingerprint density at radius 2 is 1.79 bits per heavy atom. The minimum absolute atomic E-state index is 0.360. The average Bonchev–Trinajstić information content (AvgIpc) is 2.44. The van der Waals surface area contributed by atoms with Gasteiger partial charge in [-0.2, -0.15) is 0 Å². The molecule has 2 rings (SSSR count). The van der Waals surface area contributed by atoms with Crippen LogP contribution >= 0.6 is 0 Å². The summed E-state index contributed by atoms with van der Waals surface area (Å²) in [5.74, 6) is 3.82. The zero-order chi connectivity index (χ0) is 13.8. The number of benzene rings is 2. The van der Waals surface area contributed by atoms with Gasteiger partial charge in [0.1, 0.15) is 0 Å². The standard InChI is InChI=1S/C15H16F2N2/c1-2-10-4-3-5-11(8-10)15(19-18)12-6-7-13(16)14(17)9-12/h3-9,15,19H,2,18H2,1H3. The second-order valence-electron chi connectivity index (χ2n) is 4.37. The van der Waals surface area contributed by atoms with E-state index in [0.29, 0.717) is 5.56 Å². The summed E-state index contributed by atoms with van der Waals surface area (Å²) in [7, 11) is 0. The van der Waals surface area contributed by atoms with Crippen LogP contribution in [-0.2, 0) is 6.42 Å². The van der Waals surface area contributed by atoms with Crippen molar-refractivity contribution in [2.24, 2.45) is 5.84 Å². The van der Waals surface area contributed by atoms with Crippen LogP contribution in [-0.4, -0.2) is 0 Å². The van der Waals surface area contributed by atoms with E-state index >= 15 is 0 Å². The van der Waals surface area contributed by atoms with Crippen LogP contribution in [0.5, 0.6) is 0 Å². The Kier molecular flexibility index (Phi) is 4.24. The van der Waals surface area contributed by atoms with Crippen LogP contribution in [0.25, 0.3) is 0 Å². The Morgan fingerprint density at radius 3 is 2.42 bits per heavy atom. The van der Waals surface area contributed by atoms with E-state index in [0.717, 1.165) is 18.1 Å². The fourth-order valence-electron chi connectivity index (χ4n) is 2.07. The van der Waals surface area contributed by atoms with Crippen molar-refractivity contribution in [1.82, 2.24) is 5.43 Å². The SMILES string of the molecule is CCc1cccc(C(NN)c2ccc(F)c(F)c2)c1. The van der Waals surface area contributed by atoms with Crippen LogP contribution in [0.2, 0.25) is 0 Å². The molecule has 2 aromatic carbocycles. The molecule has 100 valence electrons. The van der Waals surface area contributed by atoms with Gasteiger partial charge in [-0.25, -0.2) is 14.2 Å². The van der Waals surface area contributed by atoms with Gasteiger partial charge in [-0.3, -0.25) is 5.84 Å². The predicted octanol–water partition coefficient (Wildman–Crippen LogP) is 3.08. The molecular formula is C15H16F2N2. The third-order valence-corrected chi connectivity index (χ3v) is 3.14. The highest BCUT2D eigenvalue weighted by Crippen LogP contribution is 2.23. The first-order valence-corrected chi connectivity index (χ1v) is 6.15. The van der Waals surface area contributed by atoms with Crippen molar-refractivity contribution in [3.05, 3.63) is 70.8 Å². The highest BCUT2D eigenvalue weighted by atomic mass is 19.2. The summed E-state index contributed by atoms with van der Waals surface area (Å²) >= 11 is 0. The number of nitrogens with two attached hydrogens (primary N) is 1. The molecule has 0 aliphatic carbocycles. The quantitative estimate of drug-likeness (QED) is 0.656. The maximum Gasteiger partial charge on any atom is 0.159 e. The normalized spacial score (nSPS) is 12.4. The summed E-state index contributed by atoms with van der Waals surface area (Å²) in [5.41, 5.74) is 5.33. The molecule has 0 bridgehead atoms. The van der Waals surface area contributed by atoms with E-state index in [4.69, 9.17) is 5.84 Å². The van der Waals surface area contributed by atoms with Gasteiger partial charge in [0, 0.05) is 0 Å². The Bertz CT molecular complexity index is 570. The summed E-state index contributed by atoms with van der Waals surface area (Å²) < 4.78 is 26.3. The number of hydrogen-bond acceptors (Lipinski definition) is 2. The van der Waals surface area contributed by atoms with E-state index < -0.39 is 11.6 Å². The first-order chi connectivity index (χ1) is 9.15. The number of rotatable bonds is 4. The lowest BCUT2D eigenvalue weighted by atomic mass is 9.97. The van der Waals surface area contributed by atoms with Crippen molar-refractivity contribution in [2.45, 2.75) is 19.4 Å². The van der Waals surface area contributed by atoms with Gasteiger partial charge in [-0.1, -0.05) is 37.3 Å². The van der Waals surface area contributed by atoms with Gasteiger partial charge in [-0.15, -0.1) is 0 Å². The molecule has 0 spiro atoms. The van der Waals surface area contributed by atoms with Gasteiger partial charge < -0.3 is 0 Å². The van der Waals surface area contributed by atoms with Crippen LogP contribution in [0.4, 0.5) is 8.78 Å². The van der Waals surface area contributed by atoms with Gasteiger partial charge in [0.15, 0.2) is 11.6 Å². The lowest BCUT2D eigenvalue weighted by Crippen LogP contribution is -2.29.